The summed E-state index contributed by atoms with van der Waals surface area (Å²) in [4.78, 5) is 34.1. The highest BCUT2D eigenvalue weighted by Gasteiger charge is 2.41. The molecule has 0 saturated carbocycles. The van der Waals surface area contributed by atoms with Crippen LogP contribution < -0.4 is 9.97 Å². The van der Waals surface area contributed by atoms with Crippen LogP contribution in [0.15, 0.2) is 11.2 Å². The van der Waals surface area contributed by atoms with Gasteiger partial charge in [0.1, 0.15) is 11.3 Å². The maximum Gasteiger partial charge on any atom is 0.570 e. The Morgan fingerprint density at radius 2 is 2.22 bits per heavy atom. The van der Waals surface area contributed by atoms with Crippen LogP contribution >= 0.6 is 23.2 Å². The minimum atomic E-state index is -1.33. The maximum absolute atomic E-state index is 11.7. The van der Waals surface area contributed by atoms with Gasteiger partial charge in [0.2, 0.25) is 5.91 Å². The summed E-state index contributed by atoms with van der Waals surface area (Å²) in [6.45, 7) is 1.85. The predicted octanol–water partition coefficient (Wildman–Crippen LogP) is 2.71. The van der Waals surface area contributed by atoms with Crippen LogP contribution in [0.5, 0.6) is 5.75 Å². The second-order valence-corrected chi connectivity index (χ2v) is 5.87. The molecule has 0 bridgehead atoms. The lowest BCUT2D eigenvalue weighted by Crippen LogP contribution is -2.52. The lowest BCUT2D eigenvalue weighted by atomic mass is 9.68. The van der Waals surface area contributed by atoms with Crippen LogP contribution in [-0.4, -0.2) is 30.0 Å². The number of benzene rings is 1. The third-order valence-electron chi connectivity index (χ3n) is 3.41. The van der Waals surface area contributed by atoms with E-state index in [2.05, 4.69) is 10.4 Å². The average Bonchev–Trinajstić information content (AvgIpc) is 2.48. The minimum absolute atomic E-state index is 0.0440. The van der Waals surface area contributed by atoms with Crippen molar-refractivity contribution in [3.63, 3.8) is 0 Å². The van der Waals surface area contributed by atoms with Crippen LogP contribution in [0.1, 0.15) is 35.7 Å². The summed E-state index contributed by atoms with van der Waals surface area (Å²) in [5, 5.41) is 14.7. The van der Waals surface area contributed by atoms with Crippen molar-refractivity contribution in [2.75, 3.05) is 0 Å². The third-order valence-corrected chi connectivity index (χ3v) is 4.20. The van der Waals surface area contributed by atoms with Crippen molar-refractivity contribution in [1.29, 1.82) is 0 Å². The zero-order valence-electron chi connectivity index (χ0n) is 12.1. The number of fused-ring (bicyclic) bond motifs is 1. The summed E-state index contributed by atoms with van der Waals surface area (Å²) in [6.07, 6.45) is 1.12. The van der Waals surface area contributed by atoms with E-state index in [1.54, 1.807) is 0 Å². The van der Waals surface area contributed by atoms with Crippen molar-refractivity contribution in [2.24, 2.45) is 5.09 Å². The maximum atomic E-state index is 11.7. The first-order valence-corrected chi connectivity index (χ1v) is 7.67. The molecule has 1 heterocycles. The number of rotatable bonds is 5. The Kier molecular flexibility index (Phi) is 5.48. The van der Waals surface area contributed by atoms with Gasteiger partial charge in [0.15, 0.2) is 0 Å². The molecule has 2 N–H and O–H groups in total. The molecule has 1 aromatic rings. The number of hydrogen-bond acceptors (Lipinski definition) is 5. The Bertz CT molecular complexity index is 670. The molecule has 0 fully saturated rings. The van der Waals surface area contributed by atoms with Gasteiger partial charge in [-0.2, -0.15) is 4.91 Å². The normalized spacial score (nSPS) is 16.3. The number of hydrogen-bond donors (Lipinski definition) is 2. The number of carbonyl (C=O) groups excluding carboxylic acids is 1. The van der Waals surface area contributed by atoms with Gasteiger partial charge in [0.05, 0.1) is 16.0 Å². The van der Waals surface area contributed by atoms with Gasteiger partial charge in [-0.15, -0.1) is 0 Å². The number of aromatic carboxylic acids is 1. The van der Waals surface area contributed by atoms with Gasteiger partial charge in [-0.3, -0.25) is 4.79 Å². The van der Waals surface area contributed by atoms with Crippen LogP contribution in [-0.2, 0) is 11.2 Å². The van der Waals surface area contributed by atoms with E-state index in [0.29, 0.717) is 18.4 Å². The molecule has 23 heavy (non-hydrogen) atoms. The number of nitrogens with zero attached hydrogens (tertiary/aromatic N) is 1. The lowest BCUT2D eigenvalue weighted by Gasteiger charge is -2.29. The van der Waals surface area contributed by atoms with Crippen molar-refractivity contribution in [3.8, 4) is 5.75 Å². The van der Waals surface area contributed by atoms with E-state index in [1.807, 2.05) is 6.92 Å². The van der Waals surface area contributed by atoms with E-state index in [1.165, 1.54) is 6.07 Å². The van der Waals surface area contributed by atoms with E-state index < -0.39 is 19.0 Å². The van der Waals surface area contributed by atoms with Crippen molar-refractivity contribution >= 4 is 42.1 Å². The second kappa shape index (κ2) is 7.19. The van der Waals surface area contributed by atoms with E-state index in [0.717, 1.165) is 0 Å². The smallest absolute Gasteiger partial charge is 0.536 e. The Morgan fingerprint density at radius 3 is 2.78 bits per heavy atom. The summed E-state index contributed by atoms with van der Waals surface area (Å²) in [5.74, 6) is -2.31. The summed E-state index contributed by atoms with van der Waals surface area (Å²) < 4.78 is 5.38. The Labute approximate surface area is 142 Å². The molecule has 0 saturated heterocycles. The monoisotopic (exact) mass is 358 g/mol. The number of carbonyl (C=O) groups is 2. The SMILES string of the molecule is CCCC(=O)N[C@H]1Cc2cc(Cl)c(Cl)c(C(=O)O)c2OB1N=O. The Morgan fingerprint density at radius 1 is 1.52 bits per heavy atom. The van der Waals surface area contributed by atoms with E-state index >= 15 is 0 Å². The Balaban J connectivity index is 2.40. The van der Waals surface area contributed by atoms with Crippen LogP contribution in [0.4, 0.5) is 0 Å². The molecule has 1 aliphatic rings. The van der Waals surface area contributed by atoms with Gasteiger partial charge in [-0.1, -0.05) is 35.2 Å². The van der Waals surface area contributed by atoms with Crippen molar-refractivity contribution in [1.82, 2.24) is 5.32 Å². The summed E-state index contributed by atoms with van der Waals surface area (Å²) >= 11 is 11.9. The average molecular weight is 359 g/mol. The molecule has 0 spiro atoms. The molecule has 122 valence electrons. The third kappa shape index (κ3) is 3.59. The quantitative estimate of drug-likeness (QED) is 0.621. The number of nitroso groups, excluding NO2 is 1. The molecule has 0 unspecified atom stereocenters. The van der Waals surface area contributed by atoms with Crippen LogP contribution in [0.3, 0.4) is 0 Å². The van der Waals surface area contributed by atoms with E-state index in [4.69, 9.17) is 27.9 Å². The zero-order chi connectivity index (χ0) is 17.1. The number of nitrogens with one attached hydrogen (secondary N) is 1. The van der Waals surface area contributed by atoms with Gasteiger partial charge >= 0.3 is 13.0 Å². The topological polar surface area (TPSA) is 105 Å². The number of amides is 1. The highest BCUT2D eigenvalue weighted by atomic mass is 35.5. The summed E-state index contributed by atoms with van der Waals surface area (Å²) in [7, 11) is -1.24. The molecule has 0 aromatic heterocycles. The van der Waals surface area contributed by atoms with E-state index in [-0.39, 0.29) is 33.7 Å². The molecule has 1 amide bonds. The molecular formula is C13H13BCl2N2O5. The minimum Gasteiger partial charge on any atom is -0.536 e. The lowest BCUT2D eigenvalue weighted by molar-refractivity contribution is -0.121. The van der Waals surface area contributed by atoms with Gasteiger partial charge < -0.3 is 15.1 Å². The number of carboxylic acids is 1. The predicted molar refractivity (Wildman–Crippen MR) is 86.1 cm³/mol. The van der Waals surface area contributed by atoms with Crippen molar-refractivity contribution in [3.05, 3.63) is 32.1 Å². The molecule has 1 aliphatic heterocycles. The molecule has 7 nitrogen and oxygen atoms in total. The highest BCUT2D eigenvalue weighted by molar-refractivity contribution is 6.53. The fourth-order valence-corrected chi connectivity index (χ4v) is 2.85. The Hall–Kier alpha value is -1.80. The number of carboxylic acid groups (broad SMARTS) is 1. The van der Waals surface area contributed by atoms with Crippen LogP contribution in [0.25, 0.3) is 0 Å². The highest BCUT2D eigenvalue weighted by Crippen LogP contribution is 2.39. The molecule has 1 aromatic carbocycles. The second-order valence-electron chi connectivity index (χ2n) is 5.08. The first-order chi connectivity index (χ1) is 10.9. The van der Waals surface area contributed by atoms with Crippen molar-refractivity contribution < 1.29 is 19.3 Å². The fraction of sp³-hybridized carbons (Fsp3) is 0.385. The van der Waals surface area contributed by atoms with Gasteiger partial charge in [0.25, 0.3) is 0 Å². The largest absolute Gasteiger partial charge is 0.570 e. The molecule has 0 aliphatic carbocycles. The standard InChI is InChI=1S/C13H13BCl2N2O5/c1-2-3-9(19)17-8-5-6-4-7(15)11(16)10(13(20)21)12(6)23-14(8)18-22/h4,8H,2-3,5H2,1H3,(H,17,19)(H,20,21)/t8-/m0/s1. The first-order valence-electron chi connectivity index (χ1n) is 6.91. The van der Waals surface area contributed by atoms with Gasteiger partial charge in [-0.25, -0.2) is 4.79 Å². The molecule has 1 atom stereocenters. The number of halogens is 2. The molecule has 0 radical (unpaired) electrons. The van der Waals surface area contributed by atoms with Gasteiger partial charge in [0, 0.05) is 6.42 Å². The van der Waals surface area contributed by atoms with Crippen LogP contribution in [0.2, 0.25) is 10.0 Å². The summed E-state index contributed by atoms with van der Waals surface area (Å²) in [6, 6.07) is 1.46. The molecule has 10 heteroatoms. The van der Waals surface area contributed by atoms with Crippen LogP contribution in [0, 0.1) is 4.91 Å². The van der Waals surface area contributed by atoms with E-state index in [9.17, 15) is 19.6 Å². The van der Waals surface area contributed by atoms with Gasteiger partial charge in [-0.05, 0) is 24.5 Å². The summed E-state index contributed by atoms with van der Waals surface area (Å²) in [5.41, 5.74) is 0.125. The zero-order valence-corrected chi connectivity index (χ0v) is 13.6. The van der Waals surface area contributed by atoms with Crippen molar-refractivity contribution in [2.45, 2.75) is 32.1 Å². The molecule has 2 rings (SSSR count). The first kappa shape index (κ1) is 17.6. The fourth-order valence-electron chi connectivity index (χ4n) is 2.40. The molecular weight excluding hydrogens is 346 g/mol.